The number of hydrogen-bond acceptors (Lipinski definition) is 7. The fraction of sp³-hybridized carbons (Fsp3) is 0.280. The normalized spacial score (nSPS) is 14.1. The van der Waals surface area contributed by atoms with Crippen LogP contribution < -0.4 is 14.8 Å². The summed E-state index contributed by atoms with van der Waals surface area (Å²) < 4.78 is 41.3. The summed E-state index contributed by atoms with van der Waals surface area (Å²) in [5.74, 6) is -0.598. The summed E-state index contributed by atoms with van der Waals surface area (Å²) in [6.45, 7) is 4.68. The SMILES string of the molecule is Cc1nc2c(OCc3c(F)cccc3F)cccn2c1-c1nc2c(c(OCCO)n1)C(C)(C)C(=O)N2. The Balaban J connectivity index is 1.58. The third kappa shape index (κ3) is 3.81. The molecule has 1 aromatic carbocycles. The first-order valence-corrected chi connectivity index (χ1v) is 11.2. The van der Waals surface area contributed by atoms with Crippen molar-refractivity contribution in [3.63, 3.8) is 0 Å². The highest BCUT2D eigenvalue weighted by atomic mass is 19.1. The molecule has 0 radical (unpaired) electrons. The van der Waals surface area contributed by atoms with Crippen molar-refractivity contribution in [2.24, 2.45) is 0 Å². The molecule has 1 aliphatic heterocycles. The van der Waals surface area contributed by atoms with Gasteiger partial charge in [-0.2, -0.15) is 4.98 Å². The van der Waals surface area contributed by atoms with Crippen molar-refractivity contribution in [2.75, 3.05) is 18.5 Å². The standard InChI is InChI=1S/C25H23F2N5O4/c1-13-19(21-29-20-18(23(30-21)35-11-10-33)25(2,3)24(34)31-20)32-9-5-8-17(22(32)28-13)36-12-14-15(26)6-4-7-16(14)27/h4-9,33H,10-12H2,1-3H3,(H,29,30,31,34). The van der Waals surface area contributed by atoms with Crippen molar-refractivity contribution in [1.82, 2.24) is 19.4 Å². The minimum atomic E-state index is -0.920. The predicted octanol–water partition coefficient (Wildman–Crippen LogP) is 3.56. The van der Waals surface area contributed by atoms with Crippen molar-refractivity contribution < 1.29 is 28.2 Å². The quantitative estimate of drug-likeness (QED) is 0.403. The number of pyridine rings is 1. The number of nitrogens with one attached hydrogen (secondary N) is 1. The number of nitrogens with zero attached hydrogens (tertiary/aromatic N) is 4. The van der Waals surface area contributed by atoms with Gasteiger partial charge in [-0.1, -0.05) is 6.07 Å². The van der Waals surface area contributed by atoms with Gasteiger partial charge in [-0.05, 0) is 45.0 Å². The van der Waals surface area contributed by atoms with Gasteiger partial charge >= 0.3 is 0 Å². The van der Waals surface area contributed by atoms with Gasteiger partial charge in [0, 0.05) is 6.20 Å². The van der Waals surface area contributed by atoms with Crippen molar-refractivity contribution in [1.29, 1.82) is 0 Å². The smallest absolute Gasteiger partial charge is 0.235 e. The number of hydrogen-bond donors (Lipinski definition) is 2. The van der Waals surface area contributed by atoms with E-state index < -0.39 is 17.0 Å². The third-order valence-electron chi connectivity index (χ3n) is 6.06. The zero-order valence-corrected chi connectivity index (χ0v) is 19.8. The fourth-order valence-corrected chi connectivity index (χ4v) is 4.18. The van der Waals surface area contributed by atoms with E-state index in [1.807, 2.05) is 0 Å². The minimum Gasteiger partial charge on any atom is -0.485 e. The van der Waals surface area contributed by atoms with E-state index in [4.69, 9.17) is 9.47 Å². The van der Waals surface area contributed by atoms with Crippen LogP contribution in [-0.2, 0) is 16.8 Å². The van der Waals surface area contributed by atoms with Gasteiger partial charge in [-0.15, -0.1) is 0 Å². The molecule has 0 saturated heterocycles. The molecule has 0 fully saturated rings. The summed E-state index contributed by atoms with van der Waals surface area (Å²) in [6, 6.07) is 6.97. The number of anilines is 1. The lowest BCUT2D eigenvalue weighted by Crippen LogP contribution is -2.27. The molecule has 36 heavy (non-hydrogen) atoms. The Labute approximate surface area is 204 Å². The van der Waals surface area contributed by atoms with Gasteiger partial charge in [0.2, 0.25) is 11.8 Å². The largest absolute Gasteiger partial charge is 0.485 e. The number of carbonyl (C=O) groups excluding carboxylic acids is 1. The van der Waals surface area contributed by atoms with Gasteiger partial charge in [0.05, 0.1) is 28.8 Å². The Bertz CT molecular complexity index is 1480. The van der Waals surface area contributed by atoms with E-state index in [-0.39, 0.29) is 43.0 Å². The van der Waals surface area contributed by atoms with Crippen LogP contribution in [0.5, 0.6) is 11.6 Å². The highest BCUT2D eigenvalue weighted by Crippen LogP contribution is 2.43. The second-order valence-electron chi connectivity index (χ2n) is 8.83. The third-order valence-corrected chi connectivity index (χ3v) is 6.06. The van der Waals surface area contributed by atoms with Crippen LogP contribution in [0.1, 0.15) is 30.7 Å². The molecule has 0 spiro atoms. The van der Waals surface area contributed by atoms with Crippen molar-refractivity contribution in [3.8, 4) is 23.1 Å². The van der Waals surface area contributed by atoms with Crippen LogP contribution in [0.4, 0.5) is 14.6 Å². The van der Waals surface area contributed by atoms with Crippen LogP contribution in [0.25, 0.3) is 17.2 Å². The topological polar surface area (TPSA) is 111 Å². The average Bonchev–Trinajstić information content (AvgIpc) is 3.29. The molecule has 1 aliphatic rings. The van der Waals surface area contributed by atoms with Crippen LogP contribution in [0.2, 0.25) is 0 Å². The molecular weight excluding hydrogens is 472 g/mol. The number of imidazole rings is 1. The fourth-order valence-electron chi connectivity index (χ4n) is 4.18. The molecule has 0 atom stereocenters. The van der Waals surface area contributed by atoms with E-state index >= 15 is 0 Å². The zero-order valence-electron chi connectivity index (χ0n) is 19.8. The van der Waals surface area contributed by atoms with Crippen LogP contribution >= 0.6 is 0 Å². The Morgan fingerprint density at radius 1 is 1.08 bits per heavy atom. The maximum Gasteiger partial charge on any atom is 0.235 e. The molecule has 9 nitrogen and oxygen atoms in total. The molecule has 0 saturated carbocycles. The van der Waals surface area contributed by atoms with Gasteiger partial charge in [0.25, 0.3) is 0 Å². The second kappa shape index (κ2) is 8.83. The van der Waals surface area contributed by atoms with E-state index in [2.05, 4.69) is 20.3 Å². The number of ether oxygens (including phenoxy) is 2. The molecule has 2 N–H and O–H groups in total. The molecule has 1 amide bonds. The first-order chi connectivity index (χ1) is 17.2. The summed E-state index contributed by atoms with van der Waals surface area (Å²) >= 11 is 0. The molecular formula is C25H23F2N5O4. The lowest BCUT2D eigenvalue weighted by molar-refractivity contribution is -0.119. The number of halogens is 2. The van der Waals surface area contributed by atoms with Crippen molar-refractivity contribution in [3.05, 3.63) is 65.0 Å². The summed E-state index contributed by atoms with van der Waals surface area (Å²) in [5, 5.41) is 12.0. The number of aryl methyl sites for hydroxylation is 1. The molecule has 3 aromatic heterocycles. The molecule has 11 heteroatoms. The van der Waals surface area contributed by atoms with Crippen molar-refractivity contribution in [2.45, 2.75) is 32.8 Å². The van der Waals surface area contributed by atoms with E-state index in [1.54, 1.807) is 43.5 Å². The van der Waals surface area contributed by atoms with Crippen molar-refractivity contribution >= 4 is 17.4 Å². The number of rotatable bonds is 7. The number of carbonyl (C=O) groups is 1. The highest BCUT2D eigenvalue weighted by molar-refractivity contribution is 6.05. The number of aliphatic hydroxyl groups excluding tert-OH is 1. The number of benzene rings is 1. The Morgan fingerprint density at radius 2 is 1.83 bits per heavy atom. The summed E-state index contributed by atoms with van der Waals surface area (Å²) in [4.78, 5) is 26.3. The monoisotopic (exact) mass is 495 g/mol. The molecule has 0 aliphatic carbocycles. The number of fused-ring (bicyclic) bond motifs is 2. The average molecular weight is 495 g/mol. The Morgan fingerprint density at radius 3 is 2.56 bits per heavy atom. The first kappa shape index (κ1) is 23.6. The molecule has 0 bridgehead atoms. The molecule has 5 rings (SSSR count). The first-order valence-electron chi connectivity index (χ1n) is 11.2. The summed E-state index contributed by atoms with van der Waals surface area (Å²) in [7, 11) is 0. The van der Waals surface area contributed by atoms with Gasteiger partial charge in [-0.3, -0.25) is 9.20 Å². The van der Waals surface area contributed by atoms with Gasteiger partial charge in [0.1, 0.15) is 36.4 Å². The van der Waals surface area contributed by atoms with E-state index in [0.29, 0.717) is 34.2 Å². The molecule has 0 unspecified atom stereocenters. The Kier molecular flexibility index (Phi) is 5.79. The number of aliphatic hydroxyl groups is 1. The van der Waals surface area contributed by atoms with Gasteiger partial charge in [-0.25, -0.2) is 18.7 Å². The lowest BCUT2D eigenvalue weighted by atomic mass is 9.87. The summed E-state index contributed by atoms with van der Waals surface area (Å²) in [6.07, 6.45) is 1.73. The molecule has 186 valence electrons. The van der Waals surface area contributed by atoms with Gasteiger partial charge in [0.15, 0.2) is 17.2 Å². The van der Waals surface area contributed by atoms with Crippen LogP contribution in [0.15, 0.2) is 36.5 Å². The van der Waals surface area contributed by atoms with E-state index in [1.165, 1.54) is 18.2 Å². The van der Waals surface area contributed by atoms with Gasteiger partial charge < -0.3 is 19.9 Å². The lowest BCUT2D eigenvalue weighted by Gasteiger charge is -2.18. The van der Waals surface area contributed by atoms with Crippen LogP contribution in [0, 0.1) is 18.6 Å². The molecule has 4 heterocycles. The summed E-state index contributed by atoms with van der Waals surface area (Å²) in [5.41, 5.74) is 0.868. The molecule has 4 aromatic rings. The maximum absolute atomic E-state index is 14.1. The maximum atomic E-state index is 14.1. The minimum absolute atomic E-state index is 0.0100. The van der Waals surface area contributed by atoms with E-state index in [9.17, 15) is 18.7 Å². The predicted molar refractivity (Wildman–Crippen MR) is 126 cm³/mol. The highest BCUT2D eigenvalue weighted by Gasteiger charge is 2.43. The Hall–Kier alpha value is -4.12. The second-order valence-corrected chi connectivity index (χ2v) is 8.83. The number of aromatic nitrogens is 4. The van der Waals surface area contributed by atoms with E-state index in [0.717, 1.165) is 0 Å². The number of amides is 1. The zero-order chi connectivity index (χ0) is 25.6. The van der Waals surface area contributed by atoms with Crippen LogP contribution in [0.3, 0.4) is 0 Å². The van der Waals surface area contributed by atoms with Crippen LogP contribution in [-0.4, -0.2) is 43.6 Å².